The molecule has 8 rings (SSSR count). The maximum absolute atomic E-state index is 11.6. The maximum Gasteiger partial charge on any atom is 0.201 e. The highest BCUT2D eigenvalue weighted by Crippen LogP contribution is 2.51. The number of methoxy groups -OCH3 is 3. The van der Waals surface area contributed by atoms with Crippen LogP contribution in [0, 0.1) is 0 Å². The lowest BCUT2D eigenvalue weighted by Gasteiger charge is -2.36. The van der Waals surface area contributed by atoms with E-state index in [0.29, 0.717) is 40.9 Å². The molecule has 8 nitrogen and oxygen atoms in total. The number of benzene rings is 4. The quantitative estimate of drug-likeness (QED) is 0.261. The van der Waals surface area contributed by atoms with Gasteiger partial charge in [0.05, 0.1) is 27.4 Å². The third-order valence-electron chi connectivity index (χ3n) is 9.32. The molecule has 4 aliphatic rings. The van der Waals surface area contributed by atoms with Gasteiger partial charge >= 0.3 is 0 Å². The summed E-state index contributed by atoms with van der Waals surface area (Å²) >= 11 is 0. The molecular weight excluding hydrogens is 568 g/mol. The van der Waals surface area contributed by atoms with Crippen LogP contribution in [-0.4, -0.2) is 56.9 Å². The van der Waals surface area contributed by atoms with E-state index in [4.69, 9.17) is 23.7 Å². The number of likely N-dealkylation sites (N-methyl/N-ethyl adjacent to an activating group) is 2. The van der Waals surface area contributed by atoms with Gasteiger partial charge < -0.3 is 33.7 Å². The maximum atomic E-state index is 11.6. The number of hydrogen-bond donors (Lipinski definition) is 1. The van der Waals surface area contributed by atoms with Crippen LogP contribution in [0.2, 0.25) is 0 Å². The second-order valence-electron chi connectivity index (χ2n) is 11.9. The van der Waals surface area contributed by atoms with Crippen molar-refractivity contribution in [1.29, 1.82) is 0 Å². The van der Waals surface area contributed by atoms with Crippen molar-refractivity contribution in [3.63, 3.8) is 0 Å². The van der Waals surface area contributed by atoms with Gasteiger partial charge in [0.1, 0.15) is 5.75 Å². The third kappa shape index (κ3) is 5.19. The van der Waals surface area contributed by atoms with Crippen LogP contribution in [0.3, 0.4) is 0 Å². The van der Waals surface area contributed by atoms with E-state index in [1.807, 2.05) is 37.4 Å². The summed E-state index contributed by atoms with van der Waals surface area (Å²) in [6.45, 7) is 0.914. The largest absolute Gasteiger partial charge is 0.502 e. The molecule has 0 saturated heterocycles. The predicted molar refractivity (Wildman–Crippen MR) is 173 cm³/mol. The Bertz CT molecular complexity index is 1780. The van der Waals surface area contributed by atoms with E-state index in [0.717, 1.165) is 47.4 Å². The van der Waals surface area contributed by atoms with Gasteiger partial charge in [0.25, 0.3) is 0 Å². The molecule has 4 aliphatic heterocycles. The fourth-order valence-electron chi connectivity index (χ4n) is 6.79. The van der Waals surface area contributed by atoms with Gasteiger partial charge in [0.15, 0.2) is 34.5 Å². The molecule has 4 aromatic rings. The first-order chi connectivity index (χ1) is 21.9. The van der Waals surface area contributed by atoms with Crippen LogP contribution >= 0.6 is 0 Å². The Hall–Kier alpha value is -4.82. The van der Waals surface area contributed by atoms with Crippen LogP contribution < -0.4 is 23.7 Å². The van der Waals surface area contributed by atoms with Gasteiger partial charge in [-0.05, 0) is 109 Å². The van der Waals surface area contributed by atoms with Crippen molar-refractivity contribution in [3.8, 4) is 46.0 Å². The average Bonchev–Trinajstić information content (AvgIpc) is 3.05. The zero-order valence-corrected chi connectivity index (χ0v) is 26.3. The smallest absolute Gasteiger partial charge is 0.201 e. The van der Waals surface area contributed by atoms with Crippen molar-refractivity contribution < 1.29 is 28.8 Å². The Kier molecular flexibility index (Phi) is 7.45. The summed E-state index contributed by atoms with van der Waals surface area (Å²) in [5, 5.41) is 11.6. The first-order valence-corrected chi connectivity index (χ1v) is 15.2. The minimum atomic E-state index is -0.123. The van der Waals surface area contributed by atoms with Crippen LogP contribution in [0.5, 0.6) is 46.0 Å². The van der Waals surface area contributed by atoms with E-state index >= 15 is 0 Å². The highest BCUT2D eigenvalue weighted by molar-refractivity contribution is 5.70. The molecule has 0 radical (unpaired) electrons. The molecule has 4 aromatic carbocycles. The summed E-state index contributed by atoms with van der Waals surface area (Å²) in [4.78, 5) is 4.52. The lowest BCUT2D eigenvalue weighted by atomic mass is 9.88. The Morgan fingerprint density at radius 1 is 0.756 bits per heavy atom. The SMILES string of the molecule is COc1ccc2cc1Oc1ccc(cc1)CC1c3c(cc(OC)c(O)c3Oc3cc4c(cc3OC)CCN(C)C4C2)C=CN1C. The van der Waals surface area contributed by atoms with E-state index in [-0.39, 0.29) is 17.8 Å². The molecule has 8 heteroatoms. The molecule has 0 aliphatic carbocycles. The average molecular weight is 607 g/mol. The van der Waals surface area contributed by atoms with Crippen molar-refractivity contribution >= 4 is 6.08 Å². The number of fused-ring (bicyclic) bond motifs is 2. The van der Waals surface area contributed by atoms with Crippen molar-refractivity contribution in [2.24, 2.45) is 0 Å². The highest BCUT2D eigenvalue weighted by atomic mass is 16.5. The van der Waals surface area contributed by atoms with E-state index < -0.39 is 0 Å². The fraction of sp³-hybridized carbons (Fsp3) is 0.297. The highest BCUT2D eigenvalue weighted by Gasteiger charge is 2.32. The predicted octanol–water partition coefficient (Wildman–Crippen LogP) is 7.29. The lowest BCUT2D eigenvalue weighted by Crippen LogP contribution is -2.33. The van der Waals surface area contributed by atoms with Crippen LogP contribution in [0.25, 0.3) is 6.08 Å². The van der Waals surface area contributed by atoms with Gasteiger partial charge in [0, 0.05) is 25.2 Å². The van der Waals surface area contributed by atoms with Gasteiger partial charge in [-0.3, -0.25) is 4.90 Å². The number of phenols is 1. The number of aromatic hydroxyl groups is 1. The first-order valence-electron chi connectivity index (χ1n) is 15.2. The van der Waals surface area contributed by atoms with Gasteiger partial charge in [-0.15, -0.1) is 0 Å². The molecule has 0 aromatic heterocycles. The van der Waals surface area contributed by atoms with Crippen molar-refractivity contribution in [3.05, 3.63) is 100 Å². The fourth-order valence-corrected chi connectivity index (χ4v) is 6.79. The standard InChI is InChI=1S/C37H38N2O6/c1-38-14-12-24-19-31(42-4)33-21-27(24)28(38)17-23-8-11-30(41-3)32(18-23)44-26-9-6-22(7-10-26)16-29-35-25(13-15-39(29)2)20-34(43-5)36(40)37(35)45-33/h6-11,13,15,18-21,28-29,40H,12,14,16-17H2,1-5H3. The molecule has 0 amide bonds. The molecule has 0 spiro atoms. The normalized spacial score (nSPS) is 18.6. The molecule has 2 atom stereocenters. The van der Waals surface area contributed by atoms with E-state index in [9.17, 15) is 5.11 Å². The van der Waals surface area contributed by atoms with E-state index in [1.165, 1.54) is 11.1 Å². The minimum Gasteiger partial charge on any atom is -0.502 e. The Morgan fingerprint density at radius 2 is 1.47 bits per heavy atom. The summed E-state index contributed by atoms with van der Waals surface area (Å²) in [6.07, 6.45) is 6.40. The lowest BCUT2D eigenvalue weighted by molar-refractivity contribution is 0.228. The number of nitrogens with zero attached hydrogens (tertiary/aromatic N) is 2. The monoisotopic (exact) mass is 606 g/mol. The number of ether oxygens (including phenoxy) is 5. The second-order valence-corrected chi connectivity index (χ2v) is 11.9. The van der Waals surface area contributed by atoms with Gasteiger partial charge in [-0.2, -0.15) is 0 Å². The molecule has 2 unspecified atom stereocenters. The van der Waals surface area contributed by atoms with Crippen molar-refractivity contribution in [1.82, 2.24) is 9.80 Å². The molecule has 4 heterocycles. The number of phenolic OH excluding ortho intramolecular Hbond substituents is 1. The summed E-state index contributed by atoms with van der Waals surface area (Å²) in [6, 6.07) is 20.3. The van der Waals surface area contributed by atoms with E-state index in [2.05, 4.69) is 59.4 Å². The summed E-state index contributed by atoms with van der Waals surface area (Å²) in [5.41, 5.74) is 6.44. The Labute approximate surface area is 264 Å². The molecular formula is C37H38N2O6. The first kappa shape index (κ1) is 28.9. The van der Waals surface area contributed by atoms with Crippen LogP contribution in [0.15, 0.2) is 66.9 Å². The zero-order valence-electron chi connectivity index (χ0n) is 26.3. The van der Waals surface area contributed by atoms with Crippen molar-refractivity contribution in [2.45, 2.75) is 31.3 Å². The molecule has 0 fully saturated rings. The summed E-state index contributed by atoms with van der Waals surface area (Å²) < 4.78 is 30.4. The van der Waals surface area contributed by atoms with E-state index in [1.54, 1.807) is 21.3 Å². The molecule has 6 bridgehead atoms. The molecule has 1 N–H and O–H groups in total. The summed E-state index contributed by atoms with van der Waals surface area (Å²) in [5.74, 6) is 3.94. The Balaban J connectivity index is 1.45. The Morgan fingerprint density at radius 3 is 2.22 bits per heavy atom. The summed E-state index contributed by atoms with van der Waals surface area (Å²) in [7, 11) is 9.07. The second kappa shape index (κ2) is 11.6. The van der Waals surface area contributed by atoms with Crippen molar-refractivity contribution in [2.75, 3.05) is 42.0 Å². The van der Waals surface area contributed by atoms with Gasteiger partial charge in [0.2, 0.25) is 5.75 Å². The zero-order chi connectivity index (χ0) is 31.2. The number of hydrogen-bond acceptors (Lipinski definition) is 8. The van der Waals surface area contributed by atoms with Gasteiger partial charge in [-0.1, -0.05) is 18.2 Å². The number of rotatable bonds is 3. The minimum absolute atomic E-state index is 0.0395. The molecule has 232 valence electrons. The van der Waals surface area contributed by atoms with Gasteiger partial charge in [-0.25, -0.2) is 0 Å². The van der Waals surface area contributed by atoms with Crippen LogP contribution in [0.1, 0.15) is 45.5 Å². The topological polar surface area (TPSA) is 72.9 Å². The molecule has 45 heavy (non-hydrogen) atoms. The third-order valence-corrected chi connectivity index (χ3v) is 9.32. The van der Waals surface area contributed by atoms with Crippen LogP contribution in [-0.2, 0) is 19.3 Å². The van der Waals surface area contributed by atoms with Crippen LogP contribution in [0.4, 0.5) is 0 Å². The molecule has 0 saturated carbocycles.